The molecule has 2 N–H and O–H groups in total. The molecule has 1 fully saturated rings. The van der Waals surface area contributed by atoms with Gasteiger partial charge in [0.05, 0.1) is 6.54 Å². The molecular weight excluding hydrogens is 226 g/mol. The van der Waals surface area contributed by atoms with Crippen molar-refractivity contribution in [1.82, 2.24) is 15.5 Å². The largest absolute Gasteiger partial charge is 0.353 e. The van der Waals surface area contributed by atoms with Crippen LogP contribution in [0, 0.1) is 0 Å². The minimum absolute atomic E-state index is 0.154. The van der Waals surface area contributed by atoms with Gasteiger partial charge in [-0.25, -0.2) is 0 Å². The number of nitrogens with one attached hydrogen (secondary N) is 2. The van der Waals surface area contributed by atoms with Gasteiger partial charge in [0.1, 0.15) is 0 Å². The lowest BCUT2D eigenvalue weighted by molar-refractivity contribution is -0.123. The zero-order chi connectivity index (χ0) is 13.5. The third kappa shape index (κ3) is 5.83. The van der Waals surface area contributed by atoms with Crippen molar-refractivity contribution in [1.29, 1.82) is 0 Å². The SMILES string of the molecule is CC(C)NCC1CCCCN1CC(=O)NC(C)C. The van der Waals surface area contributed by atoms with Crippen LogP contribution in [0.5, 0.6) is 0 Å². The Balaban J connectivity index is 2.41. The smallest absolute Gasteiger partial charge is 0.234 e. The Hall–Kier alpha value is -0.610. The summed E-state index contributed by atoms with van der Waals surface area (Å²) >= 11 is 0. The van der Waals surface area contributed by atoms with Crippen molar-refractivity contribution < 1.29 is 4.79 Å². The van der Waals surface area contributed by atoms with E-state index < -0.39 is 0 Å². The fourth-order valence-corrected chi connectivity index (χ4v) is 2.42. The molecule has 1 unspecified atom stereocenters. The lowest BCUT2D eigenvalue weighted by atomic mass is 10.0. The van der Waals surface area contributed by atoms with E-state index in [9.17, 15) is 4.79 Å². The van der Waals surface area contributed by atoms with Crippen molar-refractivity contribution in [2.45, 2.75) is 65.1 Å². The third-order valence-electron chi connectivity index (χ3n) is 3.31. The standard InChI is InChI=1S/C14H29N3O/c1-11(2)15-9-13-7-5-6-8-17(13)10-14(18)16-12(3)4/h11-13,15H,5-10H2,1-4H3,(H,16,18). The molecule has 0 aromatic rings. The second kappa shape index (κ2) is 7.74. The van der Waals surface area contributed by atoms with Crippen LogP contribution in [0.3, 0.4) is 0 Å². The molecule has 1 amide bonds. The molecular formula is C14H29N3O. The number of piperidine rings is 1. The summed E-state index contributed by atoms with van der Waals surface area (Å²) in [5.41, 5.74) is 0. The summed E-state index contributed by atoms with van der Waals surface area (Å²) in [6, 6.07) is 1.26. The Bertz CT molecular complexity index is 253. The Morgan fingerprint density at radius 1 is 1.22 bits per heavy atom. The van der Waals surface area contributed by atoms with Crippen molar-refractivity contribution in [2.24, 2.45) is 0 Å². The molecule has 1 atom stereocenters. The average molecular weight is 255 g/mol. The van der Waals surface area contributed by atoms with E-state index in [2.05, 4.69) is 29.4 Å². The summed E-state index contributed by atoms with van der Waals surface area (Å²) in [6.07, 6.45) is 3.70. The first-order valence-electron chi connectivity index (χ1n) is 7.26. The maximum Gasteiger partial charge on any atom is 0.234 e. The Labute approximate surface area is 111 Å². The van der Waals surface area contributed by atoms with E-state index in [1.807, 2.05) is 13.8 Å². The fraction of sp³-hybridized carbons (Fsp3) is 0.929. The second-order valence-corrected chi connectivity index (χ2v) is 5.91. The molecule has 0 bridgehead atoms. The molecule has 0 saturated carbocycles. The molecule has 106 valence electrons. The summed E-state index contributed by atoms with van der Waals surface area (Å²) in [5.74, 6) is 0.154. The number of carbonyl (C=O) groups is 1. The van der Waals surface area contributed by atoms with Crippen molar-refractivity contribution in [3.63, 3.8) is 0 Å². The van der Waals surface area contributed by atoms with Crippen molar-refractivity contribution in [3.8, 4) is 0 Å². The highest BCUT2D eigenvalue weighted by molar-refractivity contribution is 5.78. The van der Waals surface area contributed by atoms with E-state index in [4.69, 9.17) is 0 Å². The Morgan fingerprint density at radius 3 is 2.56 bits per heavy atom. The van der Waals surface area contributed by atoms with Crippen molar-refractivity contribution in [2.75, 3.05) is 19.6 Å². The van der Waals surface area contributed by atoms with Crippen LogP contribution in [0.25, 0.3) is 0 Å². The van der Waals surface area contributed by atoms with Crippen LogP contribution < -0.4 is 10.6 Å². The number of carbonyl (C=O) groups excluding carboxylic acids is 1. The van der Waals surface area contributed by atoms with Gasteiger partial charge in [0.25, 0.3) is 0 Å². The van der Waals surface area contributed by atoms with Gasteiger partial charge in [-0.1, -0.05) is 20.3 Å². The molecule has 0 aromatic heterocycles. The van der Waals surface area contributed by atoms with Gasteiger partial charge in [0, 0.05) is 24.7 Å². The lowest BCUT2D eigenvalue weighted by Crippen LogP contribution is -2.50. The normalized spacial score (nSPS) is 21.6. The predicted octanol–water partition coefficient (Wildman–Crippen LogP) is 1.36. The molecule has 18 heavy (non-hydrogen) atoms. The number of likely N-dealkylation sites (tertiary alicyclic amines) is 1. The number of amides is 1. The molecule has 0 spiro atoms. The van der Waals surface area contributed by atoms with E-state index in [1.54, 1.807) is 0 Å². The van der Waals surface area contributed by atoms with Gasteiger partial charge in [-0.15, -0.1) is 0 Å². The van der Waals surface area contributed by atoms with E-state index in [1.165, 1.54) is 19.3 Å². The number of hydrogen-bond acceptors (Lipinski definition) is 3. The topological polar surface area (TPSA) is 44.4 Å². The Kier molecular flexibility index (Phi) is 6.65. The van der Waals surface area contributed by atoms with Crippen molar-refractivity contribution >= 4 is 5.91 Å². The number of nitrogens with zero attached hydrogens (tertiary/aromatic N) is 1. The molecule has 1 rings (SSSR count). The predicted molar refractivity (Wildman–Crippen MR) is 75.6 cm³/mol. The highest BCUT2D eigenvalue weighted by Crippen LogP contribution is 2.16. The van der Waals surface area contributed by atoms with Gasteiger partial charge in [-0.3, -0.25) is 9.69 Å². The number of hydrogen-bond donors (Lipinski definition) is 2. The van der Waals surface area contributed by atoms with Crippen molar-refractivity contribution in [3.05, 3.63) is 0 Å². The van der Waals surface area contributed by atoms with Gasteiger partial charge in [-0.05, 0) is 33.2 Å². The van der Waals surface area contributed by atoms with E-state index >= 15 is 0 Å². The van der Waals surface area contributed by atoms with Crippen LogP contribution in [0.15, 0.2) is 0 Å². The minimum Gasteiger partial charge on any atom is -0.353 e. The maximum atomic E-state index is 11.8. The van der Waals surface area contributed by atoms with Gasteiger partial charge in [-0.2, -0.15) is 0 Å². The molecule has 0 aliphatic carbocycles. The molecule has 1 saturated heterocycles. The maximum absolute atomic E-state index is 11.8. The fourth-order valence-electron chi connectivity index (χ4n) is 2.42. The van der Waals surface area contributed by atoms with E-state index in [-0.39, 0.29) is 11.9 Å². The quantitative estimate of drug-likeness (QED) is 0.753. The van der Waals surface area contributed by atoms with Crippen LogP contribution in [-0.4, -0.2) is 48.6 Å². The first-order chi connectivity index (χ1) is 8.49. The summed E-state index contributed by atoms with van der Waals surface area (Å²) in [7, 11) is 0. The van der Waals surface area contributed by atoms with Gasteiger partial charge < -0.3 is 10.6 Å². The molecule has 4 heteroatoms. The highest BCUT2D eigenvalue weighted by atomic mass is 16.2. The molecule has 0 aromatic carbocycles. The van der Waals surface area contributed by atoms with Gasteiger partial charge in [0.2, 0.25) is 5.91 Å². The molecule has 1 aliphatic heterocycles. The first kappa shape index (κ1) is 15.4. The van der Waals surface area contributed by atoms with Gasteiger partial charge in [0.15, 0.2) is 0 Å². The molecule has 1 aliphatic rings. The van der Waals surface area contributed by atoms with E-state index in [0.717, 1.165) is 13.1 Å². The monoisotopic (exact) mass is 255 g/mol. The molecule has 4 nitrogen and oxygen atoms in total. The second-order valence-electron chi connectivity index (χ2n) is 5.91. The minimum atomic E-state index is 0.154. The van der Waals surface area contributed by atoms with Crippen LogP contribution in [0.2, 0.25) is 0 Å². The van der Waals surface area contributed by atoms with E-state index in [0.29, 0.717) is 18.6 Å². The van der Waals surface area contributed by atoms with Crippen LogP contribution in [0.1, 0.15) is 47.0 Å². The summed E-state index contributed by atoms with van der Waals surface area (Å²) < 4.78 is 0. The summed E-state index contributed by atoms with van der Waals surface area (Å²) in [5, 5.41) is 6.46. The highest BCUT2D eigenvalue weighted by Gasteiger charge is 2.24. The van der Waals surface area contributed by atoms with Gasteiger partial charge >= 0.3 is 0 Å². The third-order valence-corrected chi connectivity index (χ3v) is 3.31. The van der Waals surface area contributed by atoms with Crippen LogP contribution >= 0.6 is 0 Å². The number of rotatable bonds is 6. The van der Waals surface area contributed by atoms with Crippen LogP contribution in [0.4, 0.5) is 0 Å². The average Bonchev–Trinajstić information content (AvgIpc) is 2.26. The lowest BCUT2D eigenvalue weighted by Gasteiger charge is -2.36. The first-order valence-corrected chi connectivity index (χ1v) is 7.26. The Morgan fingerprint density at radius 2 is 1.94 bits per heavy atom. The summed E-state index contributed by atoms with van der Waals surface area (Å²) in [6.45, 7) is 10.9. The zero-order valence-electron chi connectivity index (χ0n) is 12.3. The molecule has 1 heterocycles. The summed E-state index contributed by atoms with van der Waals surface area (Å²) in [4.78, 5) is 14.2. The zero-order valence-corrected chi connectivity index (χ0v) is 12.3. The molecule has 0 radical (unpaired) electrons. The van der Waals surface area contributed by atoms with Crippen LogP contribution in [-0.2, 0) is 4.79 Å².